The zero-order valence-electron chi connectivity index (χ0n) is 17.6. The standard InChI is InChI=1S/C24H22FN3O4/c1-32-24(31)14-6-7-19-16(10-14)17-13-27(9-8-20(17)26-19)23(30)15-11-22(29)28(12-15)21-5-3-2-4-18(21)25/h2-7,10,15,26H,8-9,11-13H2,1H3. The monoisotopic (exact) mass is 435 g/mol. The van der Waals surface area contributed by atoms with E-state index < -0.39 is 17.7 Å². The number of carbonyl (C=O) groups is 3. The highest BCUT2D eigenvalue weighted by Crippen LogP contribution is 2.32. The molecular formula is C24H22FN3O4. The Bertz CT molecular complexity index is 1250. The molecule has 1 saturated heterocycles. The number of carbonyl (C=O) groups excluding carboxylic acids is 3. The highest BCUT2D eigenvalue weighted by molar-refractivity contribution is 6.01. The van der Waals surface area contributed by atoms with Gasteiger partial charge in [0.25, 0.3) is 0 Å². The molecule has 32 heavy (non-hydrogen) atoms. The number of aromatic nitrogens is 1. The molecule has 7 nitrogen and oxygen atoms in total. The van der Waals surface area contributed by atoms with Crippen LogP contribution in [-0.2, 0) is 27.3 Å². The number of ether oxygens (including phenoxy) is 1. The summed E-state index contributed by atoms with van der Waals surface area (Å²) >= 11 is 0. The van der Waals surface area contributed by atoms with Gasteiger partial charge in [-0.15, -0.1) is 0 Å². The van der Waals surface area contributed by atoms with Crippen LogP contribution in [0.3, 0.4) is 0 Å². The molecule has 2 aromatic carbocycles. The van der Waals surface area contributed by atoms with Crippen molar-refractivity contribution in [2.24, 2.45) is 5.92 Å². The summed E-state index contributed by atoms with van der Waals surface area (Å²) in [7, 11) is 1.34. The molecule has 0 bridgehead atoms. The number of H-pyrrole nitrogens is 1. The van der Waals surface area contributed by atoms with E-state index in [9.17, 15) is 18.8 Å². The van der Waals surface area contributed by atoms with Gasteiger partial charge in [0.2, 0.25) is 11.8 Å². The Kier molecular flexibility index (Phi) is 4.92. The fraction of sp³-hybridized carbons (Fsp3) is 0.292. The third kappa shape index (κ3) is 3.32. The average molecular weight is 435 g/mol. The van der Waals surface area contributed by atoms with E-state index in [1.165, 1.54) is 18.1 Å². The van der Waals surface area contributed by atoms with Crippen LogP contribution < -0.4 is 4.90 Å². The van der Waals surface area contributed by atoms with Crippen LogP contribution >= 0.6 is 0 Å². The molecule has 0 spiro atoms. The first-order valence-corrected chi connectivity index (χ1v) is 10.5. The topological polar surface area (TPSA) is 82.7 Å². The van der Waals surface area contributed by atoms with Crippen molar-refractivity contribution < 1.29 is 23.5 Å². The van der Waals surface area contributed by atoms with Crippen molar-refractivity contribution in [2.75, 3.05) is 25.1 Å². The first-order valence-electron chi connectivity index (χ1n) is 10.5. The van der Waals surface area contributed by atoms with Crippen LogP contribution in [0.2, 0.25) is 0 Å². The first kappa shape index (κ1) is 20.2. The fourth-order valence-corrected chi connectivity index (χ4v) is 4.68. The maximum absolute atomic E-state index is 14.2. The van der Waals surface area contributed by atoms with Crippen molar-refractivity contribution in [2.45, 2.75) is 19.4 Å². The molecule has 3 aromatic rings. The fourth-order valence-electron chi connectivity index (χ4n) is 4.68. The number of aromatic amines is 1. The van der Waals surface area contributed by atoms with Gasteiger partial charge in [-0.3, -0.25) is 9.59 Å². The number of methoxy groups -OCH3 is 1. The predicted octanol–water partition coefficient (Wildman–Crippen LogP) is 3.03. The highest BCUT2D eigenvalue weighted by atomic mass is 19.1. The Morgan fingerprint density at radius 1 is 1.19 bits per heavy atom. The second kappa shape index (κ2) is 7.78. The van der Waals surface area contributed by atoms with Gasteiger partial charge >= 0.3 is 5.97 Å². The van der Waals surface area contributed by atoms with E-state index >= 15 is 0 Å². The number of hydrogen-bond donors (Lipinski definition) is 1. The lowest BCUT2D eigenvalue weighted by molar-refractivity contribution is -0.136. The van der Waals surface area contributed by atoms with Crippen molar-refractivity contribution in [3.63, 3.8) is 0 Å². The quantitative estimate of drug-likeness (QED) is 0.641. The summed E-state index contributed by atoms with van der Waals surface area (Å²) in [5, 5.41) is 0.885. The molecule has 0 radical (unpaired) electrons. The van der Waals surface area contributed by atoms with Crippen molar-refractivity contribution in [1.29, 1.82) is 0 Å². The van der Waals surface area contributed by atoms with Crippen molar-refractivity contribution in [3.8, 4) is 0 Å². The van der Waals surface area contributed by atoms with E-state index in [1.54, 1.807) is 35.2 Å². The SMILES string of the molecule is COC(=O)c1ccc2[nH]c3c(c2c1)CN(C(=O)C1CC(=O)N(c2ccccc2F)C1)CC3. The predicted molar refractivity (Wildman–Crippen MR) is 116 cm³/mol. The van der Waals surface area contributed by atoms with E-state index in [-0.39, 0.29) is 30.5 Å². The summed E-state index contributed by atoms with van der Waals surface area (Å²) in [6.45, 7) is 1.10. The highest BCUT2D eigenvalue weighted by Gasteiger charge is 2.39. The molecule has 1 fully saturated rings. The van der Waals surface area contributed by atoms with Crippen LogP contribution in [0.5, 0.6) is 0 Å². The van der Waals surface area contributed by atoms with Gasteiger partial charge in [0.1, 0.15) is 5.82 Å². The van der Waals surface area contributed by atoms with Crippen LogP contribution in [0.1, 0.15) is 28.0 Å². The summed E-state index contributed by atoms with van der Waals surface area (Å²) in [5.41, 5.74) is 3.58. The summed E-state index contributed by atoms with van der Waals surface area (Å²) in [6.07, 6.45) is 0.720. The summed E-state index contributed by atoms with van der Waals surface area (Å²) in [4.78, 5) is 44.2. The second-order valence-corrected chi connectivity index (χ2v) is 8.20. The molecule has 1 unspecified atom stereocenters. The maximum atomic E-state index is 14.2. The number of esters is 1. The number of amides is 2. The molecule has 164 valence electrons. The van der Waals surface area contributed by atoms with Crippen LogP contribution in [0.4, 0.5) is 10.1 Å². The molecule has 0 aliphatic carbocycles. The number of rotatable bonds is 3. The minimum absolute atomic E-state index is 0.0664. The van der Waals surface area contributed by atoms with E-state index in [0.717, 1.165) is 22.2 Å². The number of para-hydroxylation sites is 1. The smallest absolute Gasteiger partial charge is 0.337 e. The minimum Gasteiger partial charge on any atom is -0.465 e. The van der Waals surface area contributed by atoms with Gasteiger partial charge in [-0.05, 0) is 30.3 Å². The maximum Gasteiger partial charge on any atom is 0.337 e. The first-order chi connectivity index (χ1) is 15.5. The van der Waals surface area contributed by atoms with E-state index in [1.807, 2.05) is 6.07 Å². The molecule has 8 heteroatoms. The van der Waals surface area contributed by atoms with Crippen molar-refractivity contribution >= 4 is 34.4 Å². The van der Waals surface area contributed by atoms with Crippen LogP contribution in [0.15, 0.2) is 42.5 Å². The molecular weight excluding hydrogens is 413 g/mol. The van der Waals surface area contributed by atoms with Gasteiger partial charge in [-0.25, -0.2) is 9.18 Å². The summed E-state index contributed by atoms with van der Waals surface area (Å²) < 4.78 is 19.0. The molecule has 2 aliphatic heterocycles. The van der Waals surface area contributed by atoms with E-state index in [4.69, 9.17) is 4.74 Å². The lowest BCUT2D eigenvalue weighted by atomic mass is 10.0. The summed E-state index contributed by atoms with van der Waals surface area (Å²) in [5.74, 6) is -1.76. The van der Waals surface area contributed by atoms with Crippen molar-refractivity contribution in [1.82, 2.24) is 9.88 Å². The Morgan fingerprint density at radius 3 is 2.78 bits per heavy atom. The number of nitrogens with zero attached hydrogens (tertiary/aromatic N) is 2. The largest absolute Gasteiger partial charge is 0.465 e. The van der Waals surface area contributed by atoms with Gasteiger partial charge < -0.3 is 19.5 Å². The van der Waals surface area contributed by atoms with Crippen molar-refractivity contribution in [3.05, 3.63) is 65.1 Å². The number of anilines is 1. The van der Waals surface area contributed by atoms with Gasteiger partial charge in [0.15, 0.2) is 0 Å². The molecule has 5 rings (SSSR count). The molecule has 1 aromatic heterocycles. The minimum atomic E-state index is -0.514. The number of hydrogen-bond acceptors (Lipinski definition) is 4. The molecule has 3 heterocycles. The summed E-state index contributed by atoms with van der Waals surface area (Å²) in [6, 6.07) is 11.4. The molecule has 1 atom stereocenters. The zero-order chi connectivity index (χ0) is 22.4. The lowest BCUT2D eigenvalue weighted by Crippen LogP contribution is -2.40. The number of benzene rings is 2. The third-order valence-corrected chi connectivity index (χ3v) is 6.33. The Morgan fingerprint density at radius 2 is 2.00 bits per heavy atom. The van der Waals surface area contributed by atoms with Crippen LogP contribution in [-0.4, -0.2) is 47.9 Å². The van der Waals surface area contributed by atoms with Gasteiger partial charge in [-0.1, -0.05) is 12.1 Å². The second-order valence-electron chi connectivity index (χ2n) is 8.20. The van der Waals surface area contributed by atoms with E-state index in [0.29, 0.717) is 25.1 Å². The van der Waals surface area contributed by atoms with Gasteiger partial charge in [0.05, 0.1) is 24.3 Å². The third-order valence-electron chi connectivity index (χ3n) is 6.33. The molecule has 2 amide bonds. The van der Waals surface area contributed by atoms with Crippen LogP contribution in [0.25, 0.3) is 10.9 Å². The molecule has 0 saturated carbocycles. The Labute approximate surface area is 183 Å². The van der Waals surface area contributed by atoms with Crippen LogP contribution in [0, 0.1) is 11.7 Å². The molecule has 1 N–H and O–H groups in total. The average Bonchev–Trinajstić information content (AvgIpc) is 3.37. The molecule has 2 aliphatic rings. The number of nitrogens with one attached hydrogen (secondary N) is 1. The van der Waals surface area contributed by atoms with E-state index in [2.05, 4.69) is 4.98 Å². The number of halogens is 1. The Balaban J connectivity index is 1.37. The lowest BCUT2D eigenvalue weighted by Gasteiger charge is -2.29. The normalized spacial score (nSPS) is 18.2. The number of fused-ring (bicyclic) bond motifs is 3. The zero-order valence-corrected chi connectivity index (χ0v) is 17.6. The van der Waals surface area contributed by atoms with Gasteiger partial charge in [0, 0.05) is 54.6 Å². The van der Waals surface area contributed by atoms with Gasteiger partial charge in [-0.2, -0.15) is 0 Å². The Hall–Kier alpha value is -3.68.